The molecule has 0 saturated carbocycles. The van der Waals surface area contributed by atoms with E-state index in [4.69, 9.17) is 23.2 Å². The number of nitrogens with zero attached hydrogens (tertiary/aromatic N) is 1. The van der Waals surface area contributed by atoms with E-state index in [1.54, 1.807) is 17.0 Å². The van der Waals surface area contributed by atoms with E-state index in [9.17, 15) is 9.59 Å². The first-order valence-electron chi connectivity index (χ1n) is 8.40. The molecule has 3 rings (SSSR count). The minimum absolute atomic E-state index is 0.0813. The smallest absolute Gasteiger partial charge is 0.229 e. The topological polar surface area (TPSA) is 49.4 Å². The quantitative estimate of drug-likeness (QED) is 0.808. The van der Waals surface area contributed by atoms with Crippen LogP contribution in [0, 0.1) is 26.7 Å². The second-order valence-electron chi connectivity index (χ2n) is 6.76. The van der Waals surface area contributed by atoms with Crippen molar-refractivity contribution in [3.05, 3.63) is 57.1 Å². The maximum absolute atomic E-state index is 12.7. The summed E-state index contributed by atoms with van der Waals surface area (Å²) in [5.41, 5.74) is 4.23. The van der Waals surface area contributed by atoms with Gasteiger partial charge in [-0.3, -0.25) is 9.59 Å². The van der Waals surface area contributed by atoms with E-state index in [-0.39, 0.29) is 18.2 Å². The minimum Gasteiger partial charge on any atom is -0.324 e. The Hall–Kier alpha value is -2.04. The van der Waals surface area contributed by atoms with Crippen LogP contribution in [0.4, 0.5) is 11.4 Å². The first-order chi connectivity index (χ1) is 12.3. The van der Waals surface area contributed by atoms with Crippen molar-refractivity contribution in [1.82, 2.24) is 0 Å². The monoisotopic (exact) mass is 390 g/mol. The summed E-state index contributed by atoms with van der Waals surface area (Å²) in [5.74, 6) is -0.714. The molecule has 1 unspecified atom stereocenters. The lowest BCUT2D eigenvalue weighted by atomic mass is 10.1. The summed E-state index contributed by atoms with van der Waals surface area (Å²) >= 11 is 12.3. The van der Waals surface area contributed by atoms with Crippen LogP contribution in [-0.2, 0) is 9.59 Å². The average Bonchev–Trinajstić information content (AvgIpc) is 2.95. The number of benzene rings is 2. The van der Waals surface area contributed by atoms with E-state index in [2.05, 4.69) is 5.32 Å². The standard InChI is InChI=1S/C20H20Cl2N2O2/c1-11-6-13(3)19(16(22)7-11)23-20(26)14-8-18(25)24(10-14)17-9-15(21)5-4-12(17)2/h4-7,9,14H,8,10H2,1-3H3,(H,23,26). The minimum atomic E-state index is -0.433. The van der Waals surface area contributed by atoms with Gasteiger partial charge in [0.25, 0.3) is 0 Å². The molecule has 0 spiro atoms. The summed E-state index contributed by atoms with van der Waals surface area (Å²) in [5, 5.41) is 3.96. The molecule has 136 valence electrons. The predicted octanol–water partition coefficient (Wildman–Crippen LogP) is 4.91. The number of hydrogen-bond donors (Lipinski definition) is 1. The highest BCUT2D eigenvalue weighted by molar-refractivity contribution is 6.34. The second-order valence-corrected chi connectivity index (χ2v) is 7.61. The van der Waals surface area contributed by atoms with E-state index >= 15 is 0 Å². The maximum atomic E-state index is 12.7. The van der Waals surface area contributed by atoms with Crippen LogP contribution in [-0.4, -0.2) is 18.4 Å². The molecule has 0 bridgehead atoms. The molecule has 6 heteroatoms. The Morgan fingerprint density at radius 2 is 1.85 bits per heavy atom. The summed E-state index contributed by atoms with van der Waals surface area (Å²) in [4.78, 5) is 26.8. The second kappa shape index (κ2) is 7.29. The lowest BCUT2D eigenvalue weighted by Gasteiger charge is -2.19. The van der Waals surface area contributed by atoms with E-state index in [1.165, 1.54) is 0 Å². The zero-order chi connectivity index (χ0) is 19.0. The molecule has 26 heavy (non-hydrogen) atoms. The molecule has 1 heterocycles. The average molecular weight is 391 g/mol. The Morgan fingerprint density at radius 1 is 1.12 bits per heavy atom. The molecule has 2 aromatic rings. The number of hydrogen-bond acceptors (Lipinski definition) is 2. The number of anilines is 2. The first-order valence-corrected chi connectivity index (χ1v) is 9.16. The van der Waals surface area contributed by atoms with Crippen molar-refractivity contribution in [2.75, 3.05) is 16.8 Å². The molecule has 0 aromatic heterocycles. The number of aryl methyl sites for hydroxylation is 3. The van der Waals surface area contributed by atoms with Gasteiger partial charge in [0.05, 0.1) is 16.6 Å². The van der Waals surface area contributed by atoms with Crippen LogP contribution < -0.4 is 10.2 Å². The van der Waals surface area contributed by atoms with Gasteiger partial charge in [-0.2, -0.15) is 0 Å². The molecule has 2 amide bonds. The Kier molecular flexibility index (Phi) is 5.26. The van der Waals surface area contributed by atoms with Gasteiger partial charge >= 0.3 is 0 Å². The first kappa shape index (κ1) is 18.7. The van der Waals surface area contributed by atoms with Crippen molar-refractivity contribution in [2.45, 2.75) is 27.2 Å². The zero-order valence-electron chi connectivity index (χ0n) is 14.9. The van der Waals surface area contributed by atoms with Crippen LogP contribution in [0.15, 0.2) is 30.3 Å². The van der Waals surface area contributed by atoms with Crippen LogP contribution in [0.1, 0.15) is 23.1 Å². The fourth-order valence-corrected chi connectivity index (χ4v) is 3.82. The Labute approximate surface area is 163 Å². The predicted molar refractivity (Wildman–Crippen MR) is 106 cm³/mol. The van der Waals surface area contributed by atoms with E-state index in [1.807, 2.05) is 39.0 Å². The number of amides is 2. The van der Waals surface area contributed by atoms with Crippen LogP contribution in [0.5, 0.6) is 0 Å². The summed E-state index contributed by atoms with van der Waals surface area (Å²) in [6.45, 7) is 6.09. The molecule has 4 nitrogen and oxygen atoms in total. The van der Waals surface area contributed by atoms with Crippen molar-refractivity contribution >= 4 is 46.4 Å². The van der Waals surface area contributed by atoms with Gasteiger partial charge in [-0.1, -0.05) is 35.3 Å². The van der Waals surface area contributed by atoms with Crippen molar-refractivity contribution in [3.8, 4) is 0 Å². The summed E-state index contributed by atoms with van der Waals surface area (Å²) in [6, 6.07) is 9.19. The Balaban J connectivity index is 1.78. The van der Waals surface area contributed by atoms with Gasteiger partial charge in [0, 0.05) is 23.7 Å². The van der Waals surface area contributed by atoms with Gasteiger partial charge in [-0.25, -0.2) is 0 Å². The third kappa shape index (κ3) is 3.71. The fraction of sp³-hybridized carbons (Fsp3) is 0.300. The number of halogens is 2. The third-order valence-corrected chi connectivity index (χ3v) is 5.17. The van der Waals surface area contributed by atoms with E-state index < -0.39 is 5.92 Å². The summed E-state index contributed by atoms with van der Waals surface area (Å²) < 4.78 is 0. The number of rotatable bonds is 3. The molecule has 0 aliphatic carbocycles. The van der Waals surface area contributed by atoms with Gasteiger partial charge in [-0.05, 0) is 55.7 Å². The fourth-order valence-electron chi connectivity index (χ4n) is 3.29. The largest absolute Gasteiger partial charge is 0.324 e. The number of carbonyl (C=O) groups excluding carboxylic acids is 2. The van der Waals surface area contributed by atoms with Crippen LogP contribution in [0.3, 0.4) is 0 Å². The molecule has 1 N–H and O–H groups in total. The van der Waals surface area contributed by atoms with Crippen LogP contribution in [0.25, 0.3) is 0 Å². The van der Waals surface area contributed by atoms with Gasteiger partial charge in [0.2, 0.25) is 11.8 Å². The third-order valence-electron chi connectivity index (χ3n) is 4.64. The molecule has 1 atom stereocenters. The molecular formula is C20H20Cl2N2O2. The highest BCUT2D eigenvalue weighted by atomic mass is 35.5. The number of carbonyl (C=O) groups is 2. The highest BCUT2D eigenvalue weighted by Gasteiger charge is 2.36. The maximum Gasteiger partial charge on any atom is 0.229 e. The van der Waals surface area contributed by atoms with Gasteiger partial charge in [0.15, 0.2) is 0 Å². The van der Waals surface area contributed by atoms with Gasteiger partial charge < -0.3 is 10.2 Å². The molecule has 0 radical (unpaired) electrons. The van der Waals surface area contributed by atoms with Gasteiger partial charge in [0.1, 0.15) is 0 Å². The van der Waals surface area contributed by atoms with Crippen LogP contribution >= 0.6 is 23.2 Å². The van der Waals surface area contributed by atoms with Gasteiger partial charge in [-0.15, -0.1) is 0 Å². The highest BCUT2D eigenvalue weighted by Crippen LogP contribution is 2.32. The van der Waals surface area contributed by atoms with Crippen LogP contribution in [0.2, 0.25) is 10.0 Å². The molecular weight excluding hydrogens is 371 g/mol. The van der Waals surface area contributed by atoms with Crippen molar-refractivity contribution in [2.24, 2.45) is 5.92 Å². The lowest BCUT2D eigenvalue weighted by Crippen LogP contribution is -2.28. The lowest BCUT2D eigenvalue weighted by molar-refractivity contribution is -0.122. The Morgan fingerprint density at radius 3 is 2.54 bits per heavy atom. The SMILES string of the molecule is Cc1cc(C)c(NC(=O)C2CC(=O)N(c3cc(Cl)ccc3C)C2)c(Cl)c1. The number of nitrogens with one attached hydrogen (secondary N) is 1. The molecule has 1 fully saturated rings. The molecule has 1 aliphatic heterocycles. The van der Waals surface area contributed by atoms with Crippen molar-refractivity contribution in [3.63, 3.8) is 0 Å². The summed E-state index contributed by atoms with van der Waals surface area (Å²) in [6.07, 6.45) is 0.167. The van der Waals surface area contributed by atoms with Crippen molar-refractivity contribution in [1.29, 1.82) is 0 Å². The van der Waals surface area contributed by atoms with E-state index in [0.717, 1.165) is 22.4 Å². The summed E-state index contributed by atoms with van der Waals surface area (Å²) in [7, 11) is 0. The molecule has 2 aromatic carbocycles. The molecule has 1 aliphatic rings. The molecule has 1 saturated heterocycles. The zero-order valence-corrected chi connectivity index (χ0v) is 16.4. The van der Waals surface area contributed by atoms with Crippen molar-refractivity contribution < 1.29 is 9.59 Å². The normalized spacial score (nSPS) is 16.9. The Bertz CT molecular complexity index is 872. The van der Waals surface area contributed by atoms with E-state index in [0.29, 0.717) is 22.3 Å².